The Hall–Kier alpha value is -2.27. The van der Waals surface area contributed by atoms with Gasteiger partial charge >= 0.3 is 0 Å². The molecule has 102 valence electrons. The van der Waals surface area contributed by atoms with Crippen molar-refractivity contribution in [3.8, 4) is 0 Å². The maximum atomic E-state index is 13.4. The van der Waals surface area contributed by atoms with E-state index < -0.39 is 11.9 Å². The number of fused-ring (bicyclic) bond motifs is 1. The van der Waals surface area contributed by atoms with E-state index in [2.05, 4.69) is 0 Å². The van der Waals surface area contributed by atoms with E-state index >= 15 is 0 Å². The van der Waals surface area contributed by atoms with E-state index in [0.717, 1.165) is 5.56 Å². The second-order valence-electron chi connectivity index (χ2n) is 4.73. The first-order valence-corrected chi connectivity index (χ1v) is 6.17. The Labute approximate surface area is 114 Å². The van der Waals surface area contributed by atoms with Crippen LogP contribution in [0.3, 0.4) is 0 Å². The summed E-state index contributed by atoms with van der Waals surface area (Å²) in [6.07, 6.45) is 0. The number of benzene rings is 2. The van der Waals surface area contributed by atoms with E-state index in [1.807, 2.05) is 0 Å². The van der Waals surface area contributed by atoms with Crippen molar-refractivity contribution < 1.29 is 13.6 Å². The molecule has 0 spiro atoms. The van der Waals surface area contributed by atoms with E-state index in [-0.39, 0.29) is 18.3 Å². The summed E-state index contributed by atoms with van der Waals surface area (Å²) < 4.78 is 26.2. The minimum Gasteiger partial charge on any atom is -0.316 e. The van der Waals surface area contributed by atoms with Gasteiger partial charge in [0, 0.05) is 5.56 Å². The number of nitrogens with two attached hydrogens (primary N) is 1. The maximum Gasteiger partial charge on any atom is 0.248 e. The Morgan fingerprint density at radius 2 is 1.70 bits per heavy atom. The number of carbonyl (C=O) groups is 1. The molecule has 1 amide bonds. The summed E-state index contributed by atoms with van der Waals surface area (Å²) >= 11 is 0. The number of hydrogen-bond donors (Lipinski definition) is 1. The average Bonchev–Trinajstić information content (AvgIpc) is 2.66. The Morgan fingerprint density at radius 1 is 1.05 bits per heavy atom. The largest absolute Gasteiger partial charge is 0.316 e. The van der Waals surface area contributed by atoms with Crippen LogP contribution < -0.4 is 10.6 Å². The topological polar surface area (TPSA) is 46.3 Å². The van der Waals surface area contributed by atoms with Crippen molar-refractivity contribution in [1.29, 1.82) is 0 Å². The maximum absolute atomic E-state index is 13.4. The first kappa shape index (κ1) is 12.7. The molecule has 1 atom stereocenters. The predicted octanol–water partition coefficient (Wildman–Crippen LogP) is 2.51. The first-order chi connectivity index (χ1) is 9.56. The molecule has 1 heterocycles. The average molecular weight is 274 g/mol. The lowest BCUT2D eigenvalue weighted by molar-refractivity contribution is -0.119. The highest BCUT2D eigenvalue weighted by Gasteiger charge is 2.34. The van der Waals surface area contributed by atoms with Gasteiger partial charge in [0.2, 0.25) is 5.91 Å². The zero-order valence-electron chi connectivity index (χ0n) is 10.5. The standard InChI is InChI=1S/C15H12F2N2O/c16-10-3-1-9(2-4-10)8-19-13-7-11(17)5-6-12(13)14(18)15(19)20/h1-7,14H,8,18H2. The number of rotatable bonds is 2. The van der Waals surface area contributed by atoms with Crippen LogP contribution in [-0.4, -0.2) is 5.91 Å². The van der Waals surface area contributed by atoms with Gasteiger partial charge in [-0.3, -0.25) is 4.79 Å². The lowest BCUT2D eigenvalue weighted by Gasteiger charge is -2.17. The van der Waals surface area contributed by atoms with Crippen molar-refractivity contribution >= 4 is 11.6 Å². The van der Waals surface area contributed by atoms with Gasteiger partial charge < -0.3 is 10.6 Å². The molecule has 5 heteroatoms. The third kappa shape index (κ3) is 2.06. The van der Waals surface area contributed by atoms with Crippen molar-refractivity contribution in [3.63, 3.8) is 0 Å². The van der Waals surface area contributed by atoms with Crippen molar-refractivity contribution in [3.05, 3.63) is 65.2 Å². The van der Waals surface area contributed by atoms with Crippen LogP contribution in [0.4, 0.5) is 14.5 Å². The second-order valence-corrected chi connectivity index (χ2v) is 4.73. The summed E-state index contributed by atoms with van der Waals surface area (Å²) in [6, 6.07) is 9.15. The molecule has 0 aromatic heterocycles. The molecule has 2 aromatic rings. The lowest BCUT2D eigenvalue weighted by Crippen LogP contribution is -2.31. The Kier molecular flexibility index (Phi) is 2.99. The van der Waals surface area contributed by atoms with Gasteiger partial charge in [0.05, 0.1) is 12.2 Å². The van der Waals surface area contributed by atoms with Crippen LogP contribution in [0, 0.1) is 11.6 Å². The molecular formula is C15H12F2N2O. The van der Waals surface area contributed by atoms with Crippen molar-refractivity contribution in [2.45, 2.75) is 12.6 Å². The van der Waals surface area contributed by atoms with Gasteiger partial charge in [-0.1, -0.05) is 18.2 Å². The van der Waals surface area contributed by atoms with Crippen LogP contribution in [0.2, 0.25) is 0 Å². The van der Waals surface area contributed by atoms with Crippen LogP contribution in [0.5, 0.6) is 0 Å². The fourth-order valence-corrected chi connectivity index (χ4v) is 2.37. The molecule has 20 heavy (non-hydrogen) atoms. The summed E-state index contributed by atoms with van der Waals surface area (Å²) in [5.74, 6) is -1.05. The van der Waals surface area contributed by atoms with E-state index in [0.29, 0.717) is 11.3 Å². The van der Waals surface area contributed by atoms with E-state index in [1.165, 1.54) is 35.2 Å². The highest BCUT2D eigenvalue weighted by Crippen LogP contribution is 2.35. The van der Waals surface area contributed by atoms with Gasteiger partial charge in [-0.2, -0.15) is 0 Å². The number of nitrogens with zero attached hydrogens (tertiary/aromatic N) is 1. The molecule has 0 aliphatic carbocycles. The third-order valence-corrected chi connectivity index (χ3v) is 3.40. The van der Waals surface area contributed by atoms with Gasteiger partial charge in [-0.05, 0) is 29.8 Å². The number of carbonyl (C=O) groups excluding carboxylic acids is 1. The van der Waals surface area contributed by atoms with E-state index in [4.69, 9.17) is 5.73 Å². The quantitative estimate of drug-likeness (QED) is 0.914. The first-order valence-electron chi connectivity index (χ1n) is 6.17. The Morgan fingerprint density at radius 3 is 2.40 bits per heavy atom. The van der Waals surface area contributed by atoms with Crippen LogP contribution >= 0.6 is 0 Å². The zero-order chi connectivity index (χ0) is 14.3. The number of halogens is 2. The highest BCUT2D eigenvalue weighted by atomic mass is 19.1. The molecule has 0 saturated carbocycles. The molecule has 0 fully saturated rings. The Balaban J connectivity index is 1.96. The molecule has 0 radical (unpaired) electrons. The smallest absolute Gasteiger partial charge is 0.248 e. The number of amides is 1. The highest BCUT2D eigenvalue weighted by molar-refractivity contribution is 6.04. The number of anilines is 1. The monoisotopic (exact) mass is 274 g/mol. The molecule has 1 aliphatic rings. The zero-order valence-corrected chi connectivity index (χ0v) is 10.5. The molecular weight excluding hydrogens is 262 g/mol. The normalized spacial score (nSPS) is 17.4. The van der Waals surface area contributed by atoms with Crippen LogP contribution in [0.1, 0.15) is 17.2 Å². The molecule has 1 aliphatic heterocycles. The van der Waals surface area contributed by atoms with Crippen LogP contribution in [0.25, 0.3) is 0 Å². The van der Waals surface area contributed by atoms with E-state index in [1.54, 1.807) is 12.1 Å². The fourth-order valence-electron chi connectivity index (χ4n) is 2.37. The molecule has 2 aromatic carbocycles. The number of hydrogen-bond acceptors (Lipinski definition) is 2. The molecule has 0 saturated heterocycles. The third-order valence-electron chi connectivity index (χ3n) is 3.40. The van der Waals surface area contributed by atoms with Crippen molar-refractivity contribution in [2.75, 3.05) is 4.90 Å². The van der Waals surface area contributed by atoms with Gasteiger partial charge in [0.1, 0.15) is 17.7 Å². The van der Waals surface area contributed by atoms with Crippen LogP contribution in [-0.2, 0) is 11.3 Å². The van der Waals surface area contributed by atoms with Crippen LogP contribution in [0.15, 0.2) is 42.5 Å². The molecule has 1 unspecified atom stereocenters. The summed E-state index contributed by atoms with van der Waals surface area (Å²) in [7, 11) is 0. The van der Waals surface area contributed by atoms with Gasteiger partial charge in [-0.15, -0.1) is 0 Å². The summed E-state index contributed by atoms with van der Waals surface area (Å²) in [4.78, 5) is 13.6. The molecule has 3 rings (SSSR count). The van der Waals surface area contributed by atoms with Crippen molar-refractivity contribution in [1.82, 2.24) is 0 Å². The molecule has 0 bridgehead atoms. The van der Waals surface area contributed by atoms with E-state index in [9.17, 15) is 13.6 Å². The predicted molar refractivity (Wildman–Crippen MR) is 70.9 cm³/mol. The SMILES string of the molecule is NC1C(=O)N(Cc2ccc(F)cc2)c2cc(F)ccc21. The van der Waals surface area contributed by atoms with Gasteiger partial charge in [-0.25, -0.2) is 8.78 Å². The fraction of sp³-hybridized carbons (Fsp3) is 0.133. The summed E-state index contributed by atoms with van der Waals surface area (Å²) in [5.41, 5.74) is 7.68. The summed E-state index contributed by atoms with van der Waals surface area (Å²) in [5, 5.41) is 0. The lowest BCUT2D eigenvalue weighted by atomic mass is 10.1. The van der Waals surface area contributed by atoms with Crippen molar-refractivity contribution in [2.24, 2.45) is 5.73 Å². The molecule has 3 nitrogen and oxygen atoms in total. The van der Waals surface area contributed by atoms with Gasteiger partial charge in [0.15, 0.2) is 0 Å². The Bertz CT molecular complexity index is 670. The molecule has 2 N–H and O–H groups in total. The minimum atomic E-state index is -0.772. The minimum absolute atomic E-state index is 0.239. The second kappa shape index (κ2) is 4.68. The summed E-state index contributed by atoms with van der Waals surface area (Å²) in [6.45, 7) is 0.239. The van der Waals surface area contributed by atoms with Gasteiger partial charge in [0.25, 0.3) is 0 Å².